The van der Waals surface area contributed by atoms with Gasteiger partial charge < -0.3 is 10.2 Å². The molecule has 118 valence electrons. The topological polar surface area (TPSA) is 50.2 Å². The summed E-state index contributed by atoms with van der Waals surface area (Å²) < 4.78 is 1.97. The van der Waals surface area contributed by atoms with Crippen LogP contribution in [0.15, 0.2) is 12.3 Å². The molecule has 1 N–H and O–H groups in total. The molecule has 0 bridgehead atoms. The highest BCUT2D eigenvalue weighted by Crippen LogP contribution is 2.28. The molecule has 0 aromatic carbocycles. The molecule has 1 saturated carbocycles. The molecule has 1 saturated heterocycles. The van der Waals surface area contributed by atoms with Crippen molar-refractivity contribution in [1.82, 2.24) is 20.0 Å². The molecule has 3 rings (SSSR count). The lowest BCUT2D eigenvalue weighted by atomic mass is 10.1. The van der Waals surface area contributed by atoms with Crippen molar-refractivity contribution in [3.63, 3.8) is 0 Å². The third-order valence-electron chi connectivity index (χ3n) is 4.19. The third-order valence-corrected chi connectivity index (χ3v) is 4.19. The molecule has 0 spiro atoms. The number of hydrogen-bond acceptors (Lipinski definition) is 3. The Kier molecular flexibility index (Phi) is 5.65. The summed E-state index contributed by atoms with van der Waals surface area (Å²) in [5.74, 6) is 0.108. The van der Waals surface area contributed by atoms with E-state index in [0.29, 0.717) is 17.8 Å². The molecule has 21 heavy (non-hydrogen) atoms. The molecule has 2 aliphatic rings. The standard InChI is InChI=1S/C15H24N4O.ClH/c1-2-9-18(12-5-6-12)15(20)14-7-10-19(17-14)13-4-3-8-16-11-13;/h7,10,12-13,16H,2-6,8-9,11H2,1H3;1H. The van der Waals surface area contributed by atoms with Gasteiger partial charge in [-0.1, -0.05) is 6.92 Å². The molecule has 6 heteroatoms. The molecular formula is C15H25ClN4O. The summed E-state index contributed by atoms with van der Waals surface area (Å²) in [5, 5.41) is 7.92. The molecule has 0 radical (unpaired) electrons. The van der Waals surface area contributed by atoms with Crippen molar-refractivity contribution in [1.29, 1.82) is 0 Å². The van der Waals surface area contributed by atoms with Crippen LogP contribution in [0.4, 0.5) is 0 Å². The first-order chi connectivity index (χ1) is 9.79. The lowest BCUT2D eigenvalue weighted by molar-refractivity contribution is 0.0735. The number of carbonyl (C=O) groups is 1. The molecule has 1 unspecified atom stereocenters. The Morgan fingerprint density at radius 3 is 2.90 bits per heavy atom. The molecule has 1 aliphatic heterocycles. The van der Waals surface area contributed by atoms with Gasteiger partial charge in [0.15, 0.2) is 0 Å². The van der Waals surface area contributed by atoms with Crippen molar-refractivity contribution in [2.24, 2.45) is 0 Å². The molecule has 5 nitrogen and oxygen atoms in total. The van der Waals surface area contributed by atoms with Gasteiger partial charge in [-0.25, -0.2) is 0 Å². The highest BCUT2D eigenvalue weighted by Gasteiger charge is 2.33. The molecule has 1 aliphatic carbocycles. The number of aromatic nitrogens is 2. The molecule has 1 aromatic heterocycles. The largest absolute Gasteiger partial charge is 0.334 e. The van der Waals surface area contributed by atoms with E-state index in [-0.39, 0.29) is 18.3 Å². The van der Waals surface area contributed by atoms with Crippen molar-refractivity contribution in [3.8, 4) is 0 Å². The van der Waals surface area contributed by atoms with Crippen molar-refractivity contribution < 1.29 is 4.79 Å². The van der Waals surface area contributed by atoms with Gasteiger partial charge in [0.2, 0.25) is 0 Å². The summed E-state index contributed by atoms with van der Waals surface area (Å²) in [6.07, 6.45) is 7.59. The van der Waals surface area contributed by atoms with Crippen molar-refractivity contribution in [3.05, 3.63) is 18.0 Å². The summed E-state index contributed by atoms with van der Waals surface area (Å²) in [7, 11) is 0. The number of nitrogens with one attached hydrogen (secondary N) is 1. The van der Waals surface area contributed by atoms with Crippen LogP contribution >= 0.6 is 12.4 Å². The first-order valence-electron chi connectivity index (χ1n) is 7.86. The van der Waals surface area contributed by atoms with E-state index in [1.54, 1.807) is 0 Å². The second-order valence-corrected chi connectivity index (χ2v) is 5.91. The van der Waals surface area contributed by atoms with Crippen LogP contribution in [-0.2, 0) is 0 Å². The first kappa shape index (κ1) is 16.3. The average Bonchev–Trinajstić information content (AvgIpc) is 3.21. The van der Waals surface area contributed by atoms with Gasteiger partial charge in [0.1, 0.15) is 5.69 Å². The minimum atomic E-state index is 0. The third kappa shape index (κ3) is 3.77. The fraction of sp³-hybridized carbons (Fsp3) is 0.733. The Balaban J connectivity index is 0.00000161. The highest BCUT2D eigenvalue weighted by molar-refractivity contribution is 5.92. The number of piperidine rings is 1. The molecule has 1 amide bonds. The molecule has 2 heterocycles. The van der Waals surface area contributed by atoms with Crippen molar-refractivity contribution in [2.75, 3.05) is 19.6 Å². The molecule has 2 fully saturated rings. The van der Waals surface area contributed by atoms with E-state index in [2.05, 4.69) is 17.3 Å². The van der Waals surface area contributed by atoms with Gasteiger partial charge in [0, 0.05) is 25.3 Å². The maximum Gasteiger partial charge on any atom is 0.274 e. The molecule has 1 atom stereocenters. The van der Waals surface area contributed by atoms with Gasteiger partial charge in [0.05, 0.1) is 6.04 Å². The normalized spacial score (nSPS) is 21.7. The van der Waals surface area contributed by atoms with Crippen LogP contribution in [0, 0.1) is 0 Å². The monoisotopic (exact) mass is 312 g/mol. The summed E-state index contributed by atoms with van der Waals surface area (Å²) in [5.41, 5.74) is 0.607. The average molecular weight is 313 g/mol. The fourth-order valence-electron chi connectivity index (χ4n) is 2.94. The number of amides is 1. The van der Waals surface area contributed by atoms with E-state index in [9.17, 15) is 4.79 Å². The van der Waals surface area contributed by atoms with Crippen LogP contribution in [0.2, 0.25) is 0 Å². The van der Waals surface area contributed by atoms with Gasteiger partial charge in [-0.05, 0) is 44.7 Å². The van der Waals surface area contributed by atoms with E-state index in [1.807, 2.05) is 21.8 Å². The van der Waals surface area contributed by atoms with Crippen LogP contribution in [0.3, 0.4) is 0 Å². The van der Waals surface area contributed by atoms with Crippen LogP contribution in [0.25, 0.3) is 0 Å². The summed E-state index contributed by atoms with van der Waals surface area (Å²) in [4.78, 5) is 14.6. The second-order valence-electron chi connectivity index (χ2n) is 5.91. The van der Waals surface area contributed by atoms with Gasteiger partial charge in [-0.2, -0.15) is 5.10 Å². The number of halogens is 1. The predicted molar refractivity (Wildman–Crippen MR) is 85.0 cm³/mol. The maximum atomic E-state index is 12.5. The van der Waals surface area contributed by atoms with E-state index in [0.717, 1.165) is 45.3 Å². The smallest absolute Gasteiger partial charge is 0.274 e. The fourth-order valence-corrected chi connectivity index (χ4v) is 2.94. The Labute approximate surface area is 132 Å². The second kappa shape index (κ2) is 7.27. The zero-order chi connectivity index (χ0) is 13.9. The van der Waals surface area contributed by atoms with Crippen molar-refractivity contribution in [2.45, 2.75) is 51.1 Å². The maximum absolute atomic E-state index is 12.5. The quantitative estimate of drug-likeness (QED) is 0.907. The van der Waals surface area contributed by atoms with E-state index in [4.69, 9.17) is 0 Å². The van der Waals surface area contributed by atoms with Gasteiger partial charge in [-0.3, -0.25) is 9.48 Å². The zero-order valence-corrected chi connectivity index (χ0v) is 13.4. The minimum Gasteiger partial charge on any atom is -0.334 e. The van der Waals surface area contributed by atoms with Crippen LogP contribution in [0.5, 0.6) is 0 Å². The number of nitrogens with zero attached hydrogens (tertiary/aromatic N) is 3. The van der Waals surface area contributed by atoms with Gasteiger partial charge in [-0.15, -0.1) is 12.4 Å². The Hall–Kier alpha value is -1.07. The minimum absolute atomic E-state index is 0. The van der Waals surface area contributed by atoms with Gasteiger partial charge >= 0.3 is 0 Å². The Morgan fingerprint density at radius 2 is 2.29 bits per heavy atom. The van der Waals surface area contributed by atoms with E-state index in [1.165, 1.54) is 6.42 Å². The predicted octanol–water partition coefficient (Wildman–Crippen LogP) is 2.24. The lowest BCUT2D eigenvalue weighted by Gasteiger charge is -2.23. The molecular weight excluding hydrogens is 288 g/mol. The van der Waals surface area contributed by atoms with E-state index < -0.39 is 0 Å². The number of rotatable bonds is 5. The Morgan fingerprint density at radius 1 is 1.48 bits per heavy atom. The molecule has 1 aromatic rings. The summed E-state index contributed by atoms with van der Waals surface area (Å²) in [6, 6.07) is 2.73. The lowest BCUT2D eigenvalue weighted by Crippen LogP contribution is -2.35. The Bertz CT molecular complexity index is 466. The number of carbonyl (C=O) groups excluding carboxylic acids is 1. The van der Waals surface area contributed by atoms with Crippen molar-refractivity contribution >= 4 is 18.3 Å². The van der Waals surface area contributed by atoms with Gasteiger partial charge in [0.25, 0.3) is 5.91 Å². The first-order valence-corrected chi connectivity index (χ1v) is 7.86. The number of hydrogen-bond donors (Lipinski definition) is 1. The van der Waals surface area contributed by atoms with E-state index >= 15 is 0 Å². The summed E-state index contributed by atoms with van der Waals surface area (Å²) in [6.45, 7) is 5.02. The zero-order valence-electron chi connectivity index (χ0n) is 12.6. The van der Waals surface area contributed by atoms with Crippen LogP contribution in [0.1, 0.15) is 55.6 Å². The van der Waals surface area contributed by atoms with Crippen LogP contribution < -0.4 is 5.32 Å². The SMILES string of the molecule is CCCN(C(=O)c1ccn(C2CCCNC2)n1)C1CC1.Cl. The highest BCUT2D eigenvalue weighted by atomic mass is 35.5. The summed E-state index contributed by atoms with van der Waals surface area (Å²) >= 11 is 0. The van der Waals surface area contributed by atoms with Crippen LogP contribution in [-0.4, -0.2) is 46.3 Å².